The number of amides is 1. The van der Waals surface area contributed by atoms with Crippen molar-refractivity contribution in [2.45, 2.75) is 56.0 Å². The van der Waals surface area contributed by atoms with E-state index in [4.69, 9.17) is 4.74 Å². The summed E-state index contributed by atoms with van der Waals surface area (Å²) in [5.74, 6) is -0.465. The maximum atomic E-state index is 13.7. The molecule has 1 aliphatic carbocycles. The van der Waals surface area contributed by atoms with Crippen LogP contribution in [-0.2, 0) is 14.9 Å². The van der Waals surface area contributed by atoms with Gasteiger partial charge in [0.05, 0.1) is 11.0 Å². The first-order valence-electron chi connectivity index (χ1n) is 8.89. The van der Waals surface area contributed by atoms with Gasteiger partial charge in [0.1, 0.15) is 5.82 Å². The molecule has 1 heterocycles. The van der Waals surface area contributed by atoms with Crippen molar-refractivity contribution >= 4 is 5.91 Å². The van der Waals surface area contributed by atoms with E-state index in [9.17, 15) is 14.3 Å². The monoisotopic (exact) mass is 335 g/mol. The number of benzene rings is 1. The molecule has 0 unspecified atom stereocenters. The van der Waals surface area contributed by atoms with Crippen molar-refractivity contribution in [2.24, 2.45) is 0 Å². The van der Waals surface area contributed by atoms with Gasteiger partial charge in [0, 0.05) is 19.8 Å². The average molecular weight is 335 g/mol. The van der Waals surface area contributed by atoms with Crippen LogP contribution in [0.25, 0.3) is 0 Å². The number of hydrogen-bond donors (Lipinski definition) is 2. The summed E-state index contributed by atoms with van der Waals surface area (Å²) in [6, 6.07) is 6.28. The Labute approximate surface area is 142 Å². The summed E-state index contributed by atoms with van der Waals surface area (Å²) in [4.78, 5) is 13.0. The van der Waals surface area contributed by atoms with Crippen LogP contribution in [0.3, 0.4) is 0 Å². The predicted octanol–water partition coefficient (Wildman–Crippen LogP) is 2.69. The van der Waals surface area contributed by atoms with Crippen LogP contribution in [0.2, 0.25) is 0 Å². The quantitative estimate of drug-likeness (QED) is 0.889. The zero-order valence-corrected chi connectivity index (χ0v) is 14.0. The van der Waals surface area contributed by atoms with Crippen molar-refractivity contribution in [1.82, 2.24) is 5.32 Å². The normalized spacial score (nSPS) is 22.8. The van der Waals surface area contributed by atoms with Crippen LogP contribution in [0, 0.1) is 5.82 Å². The van der Waals surface area contributed by atoms with Crippen molar-refractivity contribution in [1.29, 1.82) is 0 Å². The summed E-state index contributed by atoms with van der Waals surface area (Å²) in [7, 11) is 0. The molecule has 4 nitrogen and oxygen atoms in total. The lowest BCUT2D eigenvalue weighted by atomic mass is 9.73. The maximum Gasteiger partial charge on any atom is 0.230 e. The lowest BCUT2D eigenvalue weighted by Gasteiger charge is -2.38. The molecule has 0 aromatic heterocycles. The van der Waals surface area contributed by atoms with Gasteiger partial charge in [-0.2, -0.15) is 0 Å². The fraction of sp³-hybridized carbons (Fsp3) is 0.632. The number of halogens is 1. The molecule has 1 saturated carbocycles. The van der Waals surface area contributed by atoms with Crippen LogP contribution >= 0.6 is 0 Å². The molecule has 0 spiro atoms. The Hall–Kier alpha value is -1.46. The van der Waals surface area contributed by atoms with Gasteiger partial charge in [0.2, 0.25) is 5.91 Å². The summed E-state index contributed by atoms with van der Waals surface area (Å²) in [6.45, 7) is 1.23. The maximum absolute atomic E-state index is 13.7. The lowest BCUT2D eigenvalue weighted by molar-refractivity contribution is -0.132. The molecular formula is C19H26FNO3. The van der Waals surface area contributed by atoms with Gasteiger partial charge in [0.15, 0.2) is 0 Å². The van der Waals surface area contributed by atoms with E-state index < -0.39 is 11.0 Å². The van der Waals surface area contributed by atoms with Crippen molar-refractivity contribution in [2.75, 3.05) is 19.8 Å². The Morgan fingerprint density at radius 1 is 1.17 bits per heavy atom. The van der Waals surface area contributed by atoms with E-state index in [-0.39, 0.29) is 18.3 Å². The summed E-state index contributed by atoms with van der Waals surface area (Å²) >= 11 is 0. The second-order valence-electron chi connectivity index (χ2n) is 7.17. The summed E-state index contributed by atoms with van der Waals surface area (Å²) in [5.41, 5.74) is -0.882. The van der Waals surface area contributed by atoms with Crippen molar-refractivity contribution in [3.05, 3.63) is 35.6 Å². The molecule has 132 valence electrons. The van der Waals surface area contributed by atoms with Gasteiger partial charge in [0.25, 0.3) is 0 Å². The number of carbonyl (C=O) groups is 1. The van der Waals surface area contributed by atoms with Gasteiger partial charge in [-0.15, -0.1) is 0 Å². The number of aliphatic hydroxyl groups is 1. The molecular weight excluding hydrogens is 309 g/mol. The molecule has 24 heavy (non-hydrogen) atoms. The highest BCUT2D eigenvalue weighted by molar-refractivity contribution is 5.88. The molecule has 1 amide bonds. The van der Waals surface area contributed by atoms with Gasteiger partial charge in [-0.3, -0.25) is 4.79 Å². The minimum Gasteiger partial charge on any atom is -0.388 e. The second-order valence-corrected chi connectivity index (χ2v) is 7.17. The molecule has 0 radical (unpaired) electrons. The first-order valence-corrected chi connectivity index (χ1v) is 8.89. The standard InChI is InChI=1S/C19H26FNO3/c20-16-6-4-5-15(13-16)19(9-11-24-12-10-19)17(22)21-14-18(23)7-2-1-3-8-18/h4-6,13,23H,1-3,7-12,14H2,(H,21,22). The number of nitrogens with one attached hydrogen (secondary N) is 1. The first-order chi connectivity index (χ1) is 11.5. The minimum absolute atomic E-state index is 0.129. The van der Waals surface area contributed by atoms with E-state index in [1.165, 1.54) is 12.1 Å². The van der Waals surface area contributed by atoms with Gasteiger partial charge in [-0.25, -0.2) is 4.39 Å². The number of hydrogen-bond acceptors (Lipinski definition) is 3. The van der Waals surface area contributed by atoms with E-state index in [1.807, 2.05) is 6.07 Å². The zero-order chi connectivity index (χ0) is 17.0. The Morgan fingerprint density at radius 3 is 2.54 bits per heavy atom. The average Bonchev–Trinajstić information content (AvgIpc) is 2.61. The molecule has 1 saturated heterocycles. The highest BCUT2D eigenvalue weighted by atomic mass is 19.1. The number of carbonyl (C=O) groups excluding carboxylic acids is 1. The highest BCUT2D eigenvalue weighted by Gasteiger charge is 2.42. The molecule has 1 aromatic rings. The molecule has 1 aliphatic heterocycles. The van der Waals surface area contributed by atoms with Gasteiger partial charge in [-0.1, -0.05) is 31.4 Å². The fourth-order valence-corrected chi connectivity index (χ4v) is 3.95. The summed E-state index contributed by atoms with van der Waals surface area (Å²) in [6.07, 6.45) is 5.64. The van der Waals surface area contributed by atoms with Crippen LogP contribution in [0.1, 0.15) is 50.5 Å². The second kappa shape index (κ2) is 7.19. The topological polar surface area (TPSA) is 58.6 Å². The lowest BCUT2D eigenvalue weighted by Crippen LogP contribution is -2.52. The van der Waals surface area contributed by atoms with E-state index in [2.05, 4.69) is 5.32 Å². The number of ether oxygens (including phenoxy) is 1. The van der Waals surface area contributed by atoms with E-state index in [0.29, 0.717) is 31.6 Å². The third-order valence-corrected chi connectivity index (χ3v) is 5.52. The van der Waals surface area contributed by atoms with Crippen LogP contribution in [-0.4, -0.2) is 36.4 Å². The van der Waals surface area contributed by atoms with Crippen LogP contribution in [0.4, 0.5) is 4.39 Å². The third-order valence-electron chi connectivity index (χ3n) is 5.52. The Morgan fingerprint density at radius 2 is 1.88 bits per heavy atom. The smallest absolute Gasteiger partial charge is 0.230 e. The Bertz CT molecular complexity index is 578. The van der Waals surface area contributed by atoms with Crippen LogP contribution < -0.4 is 5.32 Å². The summed E-state index contributed by atoms with van der Waals surface area (Å²) < 4.78 is 19.1. The van der Waals surface area contributed by atoms with E-state index in [1.54, 1.807) is 6.07 Å². The molecule has 0 bridgehead atoms. The van der Waals surface area contributed by atoms with Gasteiger partial charge < -0.3 is 15.2 Å². The molecule has 1 aromatic carbocycles. The van der Waals surface area contributed by atoms with Crippen molar-refractivity contribution in [3.8, 4) is 0 Å². The SMILES string of the molecule is O=C(NCC1(O)CCCCC1)C1(c2cccc(F)c2)CCOCC1. The largest absolute Gasteiger partial charge is 0.388 e. The predicted molar refractivity (Wildman–Crippen MR) is 89.2 cm³/mol. The fourth-order valence-electron chi connectivity index (χ4n) is 3.95. The minimum atomic E-state index is -0.803. The Kier molecular flexibility index (Phi) is 5.21. The van der Waals surface area contributed by atoms with Crippen LogP contribution in [0.5, 0.6) is 0 Å². The van der Waals surface area contributed by atoms with Crippen LogP contribution in [0.15, 0.2) is 24.3 Å². The molecule has 2 N–H and O–H groups in total. The summed E-state index contributed by atoms with van der Waals surface area (Å²) in [5, 5.41) is 13.6. The van der Waals surface area contributed by atoms with E-state index >= 15 is 0 Å². The molecule has 3 rings (SSSR count). The highest BCUT2D eigenvalue weighted by Crippen LogP contribution is 2.36. The van der Waals surface area contributed by atoms with Crippen molar-refractivity contribution in [3.63, 3.8) is 0 Å². The van der Waals surface area contributed by atoms with E-state index in [0.717, 1.165) is 32.1 Å². The Balaban J connectivity index is 1.77. The first kappa shape index (κ1) is 17.4. The van der Waals surface area contributed by atoms with Crippen molar-refractivity contribution < 1.29 is 19.0 Å². The third kappa shape index (κ3) is 3.62. The number of rotatable bonds is 4. The molecule has 2 fully saturated rings. The molecule has 2 aliphatic rings. The zero-order valence-electron chi connectivity index (χ0n) is 14.0. The van der Waals surface area contributed by atoms with Gasteiger partial charge >= 0.3 is 0 Å². The van der Waals surface area contributed by atoms with Gasteiger partial charge in [-0.05, 0) is 43.4 Å². The molecule has 5 heteroatoms. The molecule has 0 atom stereocenters.